The van der Waals surface area contributed by atoms with Gasteiger partial charge in [0.2, 0.25) is 0 Å². The van der Waals surface area contributed by atoms with Gasteiger partial charge in [-0.2, -0.15) is 0 Å². The average Bonchev–Trinajstić information content (AvgIpc) is 1.88. The van der Waals surface area contributed by atoms with Crippen molar-refractivity contribution in [3.8, 4) is 0 Å². The normalized spacial score (nSPS) is 12.4. The molecule has 0 radical (unpaired) electrons. The molecule has 0 aliphatic rings. The van der Waals surface area contributed by atoms with Crippen LogP contribution in [0.4, 0.5) is 0 Å². The maximum absolute atomic E-state index is 10.5. The van der Waals surface area contributed by atoms with Crippen LogP contribution in [-0.2, 0) is 17.7 Å². The van der Waals surface area contributed by atoms with Gasteiger partial charge in [0.25, 0.3) is 17.7 Å². The first-order valence-corrected chi connectivity index (χ1v) is 5.73. The molecule has 0 rings (SSSR count). The number of hydrogen-bond donors (Lipinski definition) is 0. The van der Waals surface area contributed by atoms with Gasteiger partial charge in [-0.15, -0.1) is 0 Å². The lowest BCUT2D eigenvalue weighted by molar-refractivity contribution is 0.592. The third-order valence-corrected chi connectivity index (χ3v) is 4.96. The Bertz CT molecular complexity index is 295. The Balaban J connectivity index is 5.48. The van der Waals surface area contributed by atoms with E-state index in [1.165, 1.54) is 0 Å². The van der Waals surface area contributed by atoms with Crippen molar-refractivity contribution in [2.45, 2.75) is 0 Å². The second-order valence-corrected chi connectivity index (χ2v) is 6.74. The molecule has 0 aromatic heterocycles. The summed E-state index contributed by atoms with van der Waals surface area (Å²) in [5.41, 5.74) is 0. The summed E-state index contributed by atoms with van der Waals surface area (Å²) in [6.07, 6.45) is 0. The molecule has 0 aromatic rings. The van der Waals surface area contributed by atoms with Crippen LogP contribution in [0.5, 0.6) is 0 Å². The van der Waals surface area contributed by atoms with Crippen LogP contribution in [0.15, 0.2) is 24.0 Å². The minimum Gasteiger partial charge on any atom is -0.208 e. The van der Waals surface area contributed by atoms with Crippen LogP contribution in [0, 0.1) is 0 Å². The van der Waals surface area contributed by atoms with Crippen LogP contribution < -0.4 is 0 Å². The predicted octanol–water partition coefficient (Wildman–Crippen LogP) is 0.0180. The zero-order valence-electron chi connectivity index (χ0n) is 5.02. The summed E-state index contributed by atoms with van der Waals surface area (Å²) in [6.45, 7) is 5.66. The summed E-state index contributed by atoms with van der Waals surface area (Å²) in [5.74, 6) is 0. The first-order valence-electron chi connectivity index (χ1n) is 2.12. The van der Waals surface area contributed by atoms with Gasteiger partial charge in [-0.1, -0.05) is 13.2 Å². The molecule has 0 amide bonds. The van der Waals surface area contributed by atoms with Crippen molar-refractivity contribution in [2.24, 2.45) is 0 Å². The topological polar surface area (TPSA) is 68.3 Å². The van der Waals surface area contributed by atoms with E-state index in [9.17, 15) is 16.8 Å². The molecule has 0 spiro atoms. The highest BCUT2D eigenvalue weighted by Crippen LogP contribution is 2.04. The van der Waals surface area contributed by atoms with E-state index in [-0.39, 0.29) is 0 Å². The predicted molar refractivity (Wildman–Crippen MR) is 38.2 cm³/mol. The van der Waals surface area contributed by atoms with Crippen molar-refractivity contribution in [1.29, 1.82) is 0 Å². The first-order chi connectivity index (χ1) is 4.37. The summed E-state index contributed by atoms with van der Waals surface area (Å²) in [6, 6.07) is 0. The molecule has 0 N–H and O–H groups in total. The molecule has 0 heterocycles. The average molecular weight is 182 g/mol. The lowest BCUT2D eigenvalue weighted by Gasteiger charge is -1.91. The SMILES string of the molecule is C=CS(=O)(=O)S(=O)(=O)C=C. The maximum atomic E-state index is 10.5. The molecule has 0 aromatic carbocycles. The molecule has 0 unspecified atom stereocenters. The molecule has 0 atom stereocenters. The molecule has 0 fully saturated rings. The van der Waals surface area contributed by atoms with Gasteiger partial charge >= 0.3 is 0 Å². The van der Waals surface area contributed by atoms with E-state index in [0.717, 1.165) is 0 Å². The van der Waals surface area contributed by atoms with Crippen molar-refractivity contribution in [1.82, 2.24) is 0 Å². The van der Waals surface area contributed by atoms with E-state index in [1.807, 2.05) is 0 Å². The molecule has 0 aliphatic heterocycles. The highest BCUT2D eigenvalue weighted by atomic mass is 33.2. The number of rotatable bonds is 3. The van der Waals surface area contributed by atoms with E-state index in [1.54, 1.807) is 0 Å². The van der Waals surface area contributed by atoms with E-state index in [2.05, 4.69) is 13.2 Å². The third kappa shape index (κ3) is 1.45. The van der Waals surface area contributed by atoms with Crippen molar-refractivity contribution in [3.63, 3.8) is 0 Å². The van der Waals surface area contributed by atoms with Gasteiger partial charge in [-0.25, -0.2) is 16.8 Å². The standard InChI is InChI=1S/C4H6O4S2/c1-3-9(5,6)10(7,8)4-2/h3-4H,1-2H2. The second kappa shape index (κ2) is 2.55. The molecule has 0 bridgehead atoms. The van der Waals surface area contributed by atoms with Gasteiger partial charge in [-0.3, -0.25) is 0 Å². The Morgan fingerprint density at radius 3 is 1.10 bits per heavy atom. The van der Waals surface area contributed by atoms with E-state index < -0.39 is 17.7 Å². The maximum Gasteiger partial charge on any atom is 0.278 e. The van der Waals surface area contributed by atoms with Crippen LogP contribution >= 0.6 is 0 Å². The van der Waals surface area contributed by atoms with Crippen molar-refractivity contribution in [3.05, 3.63) is 24.0 Å². The fourth-order valence-corrected chi connectivity index (χ4v) is 1.71. The largest absolute Gasteiger partial charge is 0.278 e. The fraction of sp³-hybridized carbons (Fsp3) is 0. The van der Waals surface area contributed by atoms with Crippen molar-refractivity contribution in [2.75, 3.05) is 0 Å². The highest BCUT2D eigenvalue weighted by molar-refractivity contribution is 8.69. The molecule has 10 heavy (non-hydrogen) atoms. The highest BCUT2D eigenvalue weighted by Gasteiger charge is 2.21. The zero-order valence-corrected chi connectivity index (χ0v) is 6.65. The van der Waals surface area contributed by atoms with E-state index in [0.29, 0.717) is 10.8 Å². The van der Waals surface area contributed by atoms with Crippen LogP contribution in [0.2, 0.25) is 0 Å². The smallest absolute Gasteiger partial charge is 0.208 e. The van der Waals surface area contributed by atoms with Crippen molar-refractivity contribution >= 4 is 17.7 Å². The minimum absolute atomic E-state index is 0.365. The van der Waals surface area contributed by atoms with Crippen LogP contribution in [0.25, 0.3) is 0 Å². The number of hydrogen-bond acceptors (Lipinski definition) is 4. The molecule has 4 nitrogen and oxygen atoms in total. The third-order valence-electron chi connectivity index (χ3n) is 0.732. The summed E-state index contributed by atoms with van der Waals surface area (Å²) >= 11 is 0. The summed E-state index contributed by atoms with van der Waals surface area (Å²) < 4.78 is 41.9. The van der Waals surface area contributed by atoms with Crippen LogP contribution in [0.3, 0.4) is 0 Å². The van der Waals surface area contributed by atoms with Crippen LogP contribution in [0.1, 0.15) is 0 Å². The lowest BCUT2D eigenvalue weighted by atomic mass is 11.3. The van der Waals surface area contributed by atoms with Gasteiger partial charge in [0.15, 0.2) is 0 Å². The Labute approximate surface area is 59.1 Å². The van der Waals surface area contributed by atoms with Gasteiger partial charge in [0, 0.05) is 10.8 Å². The Morgan fingerprint density at radius 2 is 1.00 bits per heavy atom. The molecular formula is C4H6O4S2. The van der Waals surface area contributed by atoms with Gasteiger partial charge in [-0.05, 0) is 0 Å². The van der Waals surface area contributed by atoms with Gasteiger partial charge in [0.1, 0.15) is 0 Å². The minimum atomic E-state index is -4.23. The molecule has 0 saturated carbocycles. The summed E-state index contributed by atoms with van der Waals surface area (Å²) in [5, 5.41) is 0.730. The van der Waals surface area contributed by atoms with Crippen LogP contribution in [-0.4, -0.2) is 16.8 Å². The van der Waals surface area contributed by atoms with Gasteiger partial charge < -0.3 is 0 Å². The quantitative estimate of drug-likeness (QED) is 0.577. The molecule has 58 valence electrons. The Hall–Kier alpha value is -0.620. The van der Waals surface area contributed by atoms with E-state index in [4.69, 9.17) is 0 Å². The van der Waals surface area contributed by atoms with Gasteiger partial charge in [0.05, 0.1) is 0 Å². The fourth-order valence-electron chi connectivity index (χ4n) is 0.190. The van der Waals surface area contributed by atoms with Crippen molar-refractivity contribution < 1.29 is 16.8 Å². The van der Waals surface area contributed by atoms with E-state index >= 15 is 0 Å². The summed E-state index contributed by atoms with van der Waals surface area (Å²) in [7, 11) is -8.46. The molecule has 0 saturated heterocycles. The Morgan fingerprint density at radius 1 is 0.800 bits per heavy atom. The first kappa shape index (κ1) is 9.38. The monoisotopic (exact) mass is 182 g/mol. The summed E-state index contributed by atoms with van der Waals surface area (Å²) in [4.78, 5) is 0. The molecule has 0 aliphatic carbocycles. The molecule has 6 heteroatoms. The zero-order chi connectivity index (χ0) is 8.41. The second-order valence-electron chi connectivity index (χ2n) is 1.32. The molecular weight excluding hydrogens is 176 g/mol. The lowest BCUT2D eigenvalue weighted by Crippen LogP contribution is -2.07. The Kier molecular flexibility index (Phi) is 2.39.